The number of ether oxygens (including phenoxy) is 2. The Morgan fingerprint density at radius 3 is 2.45 bits per heavy atom. The van der Waals surface area contributed by atoms with Gasteiger partial charge in [-0.3, -0.25) is 0 Å². The zero-order valence-electron chi connectivity index (χ0n) is 13.0. The highest BCUT2D eigenvalue weighted by Gasteiger charge is 2.10. The number of unbranched alkanes of at least 4 members (excludes halogenated alkanes) is 2. The van der Waals surface area contributed by atoms with Crippen LogP contribution in [0.4, 0.5) is 4.79 Å². The first-order chi connectivity index (χ1) is 10.8. The maximum Gasteiger partial charge on any atom is 0.514 e. The van der Waals surface area contributed by atoms with Crippen molar-refractivity contribution >= 4 is 6.16 Å². The summed E-state index contributed by atoms with van der Waals surface area (Å²) in [6.45, 7) is 2.39. The minimum atomic E-state index is -0.660. The van der Waals surface area contributed by atoms with Gasteiger partial charge in [0, 0.05) is 0 Å². The van der Waals surface area contributed by atoms with E-state index >= 15 is 0 Å². The second kappa shape index (κ2) is 8.88. The van der Waals surface area contributed by atoms with Crippen LogP contribution in [0.5, 0.6) is 5.75 Å². The van der Waals surface area contributed by atoms with Crippen molar-refractivity contribution in [3.8, 4) is 5.75 Å². The molecule has 0 aliphatic rings. The van der Waals surface area contributed by atoms with Crippen molar-refractivity contribution in [3.05, 3.63) is 65.7 Å². The summed E-state index contributed by atoms with van der Waals surface area (Å²) in [5.74, 6) is 0.594. The quantitative estimate of drug-likeness (QED) is 0.403. The van der Waals surface area contributed by atoms with Gasteiger partial charge in [-0.05, 0) is 30.0 Å². The summed E-state index contributed by atoms with van der Waals surface area (Å²) in [7, 11) is 0. The lowest BCUT2D eigenvalue weighted by atomic mass is 10.1. The van der Waals surface area contributed by atoms with Gasteiger partial charge in [-0.1, -0.05) is 68.3 Å². The molecule has 0 aromatic heterocycles. The third kappa shape index (κ3) is 5.24. The van der Waals surface area contributed by atoms with Gasteiger partial charge in [0.05, 0.1) is 0 Å². The van der Waals surface area contributed by atoms with E-state index < -0.39 is 6.16 Å². The van der Waals surface area contributed by atoms with Crippen LogP contribution in [-0.4, -0.2) is 6.16 Å². The fourth-order valence-electron chi connectivity index (χ4n) is 2.21. The third-order valence-electron chi connectivity index (χ3n) is 3.42. The van der Waals surface area contributed by atoms with Crippen molar-refractivity contribution in [2.24, 2.45) is 0 Å². The van der Waals surface area contributed by atoms with Crippen LogP contribution < -0.4 is 4.74 Å². The number of para-hydroxylation sites is 1. The summed E-state index contributed by atoms with van der Waals surface area (Å²) in [5, 5.41) is 0. The molecule has 2 aromatic rings. The summed E-state index contributed by atoms with van der Waals surface area (Å²) >= 11 is 0. The fourth-order valence-corrected chi connectivity index (χ4v) is 2.21. The number of carbonyl (C=O) groups excluding carboxylic acids is 1. The number of rotatable bonds is 7. The first-order valence-corrected chi connectivity index (χ1v) is 7.76. The van der Waals surface area contributed by atoms with Crippen LogP contribution in [0.25, 0.3) is 0 Å². The second-order valence-electron chi connectivity index (χ2n) is 5.19. The van der Waals surface area contributed by atoms with E-state index in [1.165, 1.54) is 12.8 Å². The van der Waals surface area contributed by atoms with E-state index in [9.17, 15) is 4.79 Å². The lowest BCUT2D eigenvalue weighted by Crippen LogP contribution is -2.11. The van der Waals surface area contributed by atoms with Gasteiger partial charge in [0.2, 0.25) is 0 Å². The molecule has 116 valence electrons. The molecule has 0 saturated heterocycles. The molecule has 0 spiro atoms. The summed E-state index contributed by atoms with van der Waals surface area (Å²) in [6, 6.07) is 17.2. The molecule has 0 aliphatic heterocycles. The van der Waals surface area contributed by atoms with Crippen molar-refractivity contribution in [2.75, 3.05) is 0 Å². The van der Waals surface area contributed by atoms with Gasteiger partial charge >= 0.3 is 6.16 Å². The van der Waals surface area contributed by atoms with Gasteiger partial charge in [0.15, 0.2) is 0 Å². The van der Waals surface area contributed by atoms with Crippen molar-refractivity contribution in [3.63, 3.8) is 0 Å². The maximum absolute atomic E-state index is 11.8. The van der Waals surface area contributed by atoms with E-state index in [0.717, 1.165) is 24.0 Å². The molecule has 0 amide bonds. The first-order valence-electron chi connectivity index (χ1n) is 7.76. The highest BCUT2D eigenvalue weighted by molar-refractivity contribution is 5.64. The monoisotopic (exact) mass is 298 g/mol. The summed E-state index contributed by atoms with van der Waals surface area (Å²) in [4.78, 5) is 11.8. The Balaban J connectivity index is 1.88. The van der Waals surface area contributed by atoms with Gasteiger partial charge in [0.1, 0.15) is 12.4 Å². The molecular weight excluding hydrogens is 276 g/mol. The molecule has 0 aliphatic carbocycles. The Bertz CT molecular complexity index is 578. The molecule has 0 fully saturated rings. The molecule has 3 nitrogen and oxygen atoms in total. The van der Waals surface area contributed by atoms with Gasteiger partial charge < -0.3 is 9.47 Å². The largest absolute Gasteiger partial charge is 0.514 e. The molecule has 22 heavy (non-hydrogen) atoms. The molecule has 0 radical (unpaired) electrons. The van der Waals surface area contributed by atoms with E-state index in [1.807, 2.05) is 54.6 Å². The van der Waals surface area contributed by atoms with Crippen molar-refractivity contribution < 1.29 is 14.3 Å². The van der Waals surface area contributed by atoms with Gasteiger partial charge in [-0.15, -0.1) is 0 Å². The Hall–Kier alpha value is -2.29. The second-order valence-corrected chi connectivity index (χ2v) is 5.19. The number of aryl methyl sites for hydroxylation is 1. The zero-order valence-corrected chi connectivity index (χ0v) is 13.0. The topological polar surface area (TPSA) is 35.5 Å². The van der Waals surface area contributed by atoms with E-state index in [0.29, 0.717) is 5.75 Å². The van der Waals surface area contributed by atoms with Crippen LogP contribution in [0.15, 0.2) is 54.6 Å². The lowest BCUT2D eigenvalue weighted by Gasteiger charge is -2.10. The number of carbonyl (C=O) groups is 1. The van der Waals surface area contributed by atoms with Gasteiger partial charge in [-0.2, -0.15) is 0 Å². The average molecular weight is 298 g/mol. The predicted molar refractivity (Wildman–Crippen MR) is 86.9 cm³/mol. The molecule has 2 aromatic carbocycles. The molecule has 0 heterocycles. The SMILES string of the molecule is CCCCCc1ccccc1OC(=O)OCc1ccccc1. The van der Waals surface area contributed by atoms with Crippen LogP contribution >= 0.6 is 0 Å². The van der Waals surface area contributed by atoms with Gasteiger partial charge in [0.25, 0.3) is 0 Å². The van der Waals surface area contributed by atoms with Crippen molar-refractivity contribution in [1.82, 2.24) is 0 Å². The molecule has 3 heteroatoms. The summed E-state index contributed by atoms with van der Waals surface area (Å²) in [5.41, 5.74) is 1.99. The van der Waals surface area contributed by atoms with Crippen LogP contribution in [-0.2, 0) is 17.8 Å². The highest BCUT2D eigenvalue weighted by Crippen LogP contribution is 2.21. The summed E-state index contributed by atoms with van der Waals surface area (Å²) in [6.07, 6.45) is 3.69. The Morgan fingerprint density at radius 2 is 1.68 bits per heavy atom. The third-order valence-corrected chi connectivity index (χ3v) is 3.42. The molecule has 0 atom stereocenters. The van der Waals surface area contributed by atoms with Crippen molar-refractivity contribution in [1.29, 1.82) is 0 Å². The lowest BCUT2D eigenvalue weighted by molar-refractivity contribution is 0.0924. The molecule has 2 rings (SSSR count). The Kier molecular flexibility index (Phi) is 6.49. The van der Waals surface area contributed by atoms with Crippen LogP contribution in [0, 0.1) is 0 Å². The molecule has 0 saturated carbocycles. The highest BCUT2D eigenvalue weighted by atomic mass is 16.7. The standard InChI is InChI=1S/C19H22O3/c1-2-3-5-12-17-13-8-9-14-18(17)22-19(20)21-15-16-10-6-4-7-11-16/h4,6-11,13-14H,2-3,5,12,15H2,1H3. The average Bonchev–Trinajstić information content (AvgIpc) is 2.56. The van der Waals surface area contributed by atoms with Crippen LogP contribution in [0.2, 0.25) is 0 Å². The first kappa shape index (κ1) is 16.1. The predicted octanol–water partition coefficient (Wildman–Crippen LogP) is 5.13. The normalized spacial score (nSPS) is 10.2. The zero-order chi connectivity index (χ0) is 15.6. The van der Waals surface area contributed by atoms with Crippen molar-refractivity contribution in [2.45, 2.75) is 39.2 Å². The molecule has 0 unspecified atom stereocenters. The fraction of sp³-hybridized carbons (Fsp3) is 0.316. The van der Waals surface area contributed by atoms with E-state index in [1.54, 1.807) is 0 Å². The number of benzene rings is 2. The molecule has 0 N–H and O–H groups in total. The number of hydrogen-bond donors (Lipinski definition) is 0. The van der Waals surface area contributed by atoms with E-state index in [2.05, 4.69) is 6.92 Å². The minimum absolute atomic E-state index is 0.220. The van der Waals surface area contributed by atoms with Crippen LogP contribution in [0.1, 0.15) is 37.3 Å². The van der Waals surface area contributed by atoms with Gasteiger partial charge in [-0.25, -0.2) is 4.79 Å². The smallest absolute Gasteiger partial charge is 0.429 e. The maximum atomic E-state index is 11.8. The summed E-state index contributed by atoms with van der Waals surface area (Å²) < 4.78 is 10.5. The van der Waals surface area contributed by atoms with E-state index in [4.69, 9.17) is 9.47 Å². The number of hydrogen-bond acceptors (Lipinski definition) is 3. The Morgan fingerprint density at radius 1 is 0.955 bits per heavy atom. The molecule has 0 bridgehead atoms. The minimum Gasteiger partial charge on any atom is -0.429 e. The van der Waals surface area contributed by atoms with Crippen LogP contribution in [0.3, 0.4) is 0 Å². The van der Waals surface area contributed by atoms with E-state index in [-0.39, 0.29) is 6.61 Å². The Labute approximate surface area is 131 Å². The molecular formula is C19H22O3.